The number of rotatable bonds is 3. The molecule has 0 spiro atoms. The fraction of sp³-hybridized carbons (Fsp3) is 0.500. The number of likely N-dealkylation sites (N-methyl/N-ethyl adjacent to an activating group) is 1. The molecular formula is C12H17N3O5S. The number of aliphatic hydroxyl groups is 1. The molecule has 1 atom stereocenters. The smallest absolute Gasteiger partial charge is 0.269 e. The summed E-state index contributed by atoms with van der Waals surface area (Å²) >= 11 is 0. The minimum atomic E-state index is -3.76. The molecule has 0 bridgehead atoms. The van der Waals surface area contributed by atoms with Gasteiger partial charge in [-0.3, -0.25) is 10.1 Å². The van der Waals surface area contributed by atoms with E-state index < -0.39 is 21.1 Å². The summed E-state index contributed by atoms with van der Waals surface area (Å²) in [5.74, 6) is 0. The lowest BCUT2D eigenvalue weighted by Crippen LogP contribution is -2.37. The molecule has 0 radical (unpaired) electrons. The molecule has 21 heavy (non-hydrogen) atoms. The lowest BCUT2D eigenvalue weighted by molar-refractivity contribution is -0.384. The summed E-state index contributed by atoms with van der Waals surface area (Å²) in [7, 11) is -1.95. The highest BCUT2D eigenvalue weighted by Crippen LogP contribution is 2.20. The zero-order valence-corrected chi connectivity index (χ0v) is 12.4. The molecule has 1 aromatic rings. The molecule has 8 nitrogen and oxygen atoms in total. The third-order valence-corrected chi connectivity index (χ3v) is 5.23. The number of sulfonamides is 1. The van der Waals surface area contributed by atoms with Crippen molar-refractivity contribution < 1.29 is 18.4 Å². The maximum atomic E-state index is 12.5. The van der Waals surface area contributed by atoms with Gasteiger partial charge in [-0.1, -0.05) is 0 Å². The van der Waals surface area contributed by atoms with E-state index in [1.54, 1.807) is 0 Å². The third kappa shape index (κ3) is 3.56. The number of nitro groups is 1. The molecule has 0 aliphatic carbocycles. The molecule has 116 valence electrons. The standard InChI is InChI=1S/C12H17N3O5S/c1-13-6-7-14(9-11(16)8-13)21(19,20)12-4-2-10(3-5-12)15(17)18/h2-5,11,16H,6-9H2,1H3. The highest BCUT2D eigenvalue weighted by molar-refractivity contribution is 7.89. The second kappa shape index (κ2) is 6.06. The van der Waals surface area contributed by atoms with E-state index >= 15 is 0 Å². The summed E-state index contributed by atoms with van der Waals surface area (Å²) in [6.07, 6.45) is -0.759. The zero-order valence-electron chi connectivity index (χ0n) is 11.5. The van der Waals surface area contributed by atoms with E-state index in [1.807, 2.05) is 11.9 Å². The molecule has 1 aliphatic rings. The number of non-ortho nitro benzene ring substituents is 1. The molecule has 1 aliphatic heterocycles. The van der Waals surface area contributed by atoms with Crippen molar-refractivity contribution in [3.63, 3.8) is 0 Å². The minimum absolute atomic E-state index is 0.00940. The van der Waals surface area contributed by atoms with Crippen molar-refractivity contribution in [2.24, 2.45) is 0 Å². The lowest BCUT2D eigenvalue weighted by atomic mass is 10.3. The maximum absolute atomic E-state index is 12.5. The first kappa shape index (κ1) is 15.8. The van der Waals surface area contributed by atoms with Crippen LogP contribution in [0.25, 0.3) is 0 Å². The van der Waals surface area contributed by atoms with Gasteiger partial charge in [-0.25, -0.2) is 8.42 Å². The molecular weight excluding hydrogens is 298 g/mol. The SMILES string of the molecule is CN1CCN(S(=O)(=O)c2ccc([N+](=O)[O-])cc2)CC(O)C1. The van der Waals surface area contributed by atoms with Crippen LogP contribution in [0.1, 0.15) is 0 Å². The van der Waals surface area contributed by atoms with Crippen molar-refractivity contribution in [1.29, 1.82) is 0 Å². The summed E-state index contributed by atoms with van der Waals surface area (Å²) < 4.78 is 26.2. The Bertz CT molecular complexity index is 616. The number of nitro benzene ring substituents is 1. The average Bonchev–Trinajstić information content (AvgIpc) is 2.60. The number of benzene rings is 1. The number of hydrogen-bond acceptors (Lipinski definition) is 6. The van der Waals surface area contributed by atoms with Crippen LogP contribution < -0.4 is 0 Å². The molecule has 0 saturated carbocycles. The quantitative estimate of drug-likeness (QED) is 0.616. The van der Waals surface area contributed by atoms with Crippen LogP contribution in [-0.2, 0) is 10.0 Å². The van der Waals surface area contributed by atoms with Crippen molar-refractivity contribution in [3.8, 4) is 0 Å². The van der Waals surface area contributed by atoms with Gasteiger partial charge in [0.05, 0.1) is 15.9 Å². The van der Waals surface area contributed by atoms with Crippen molar-refractivity contribution >= 4 is 15.7 Å². The molecule has 2 rings (SSSR count). The molecule has 1 saturated heterocycles. The first-order valence-corrected chi connectivity index (χ1v) is 7.86. The van der Waals surface area contributed by atoms with Crippen LogP contribution in [0.5, 0.6) is 0 Å². The van der Waals surface area contributed by atoms with Gasteiger partial charge in [-0.2, -0.15) is 4.31 Å². The maximum Gasteiger partial charge on any atom is 0.269 e. The summed E-state index contributed by atoms with van der Waals surface area (Å²) in [4.78, 5) is 11.9. The number of β-amino-alcohol motifs (C(OH)–C–C–N with tert-alkyl or cyclic N) is 1. The van der Waals surface area contributed by atoms with Crippen molar-refractivity contribution in [3.05, 3.63) is 34.4 Å². The van der Waals surface area contributed by atoms with Gasteiger partial charge < -0.3 is 10.0 Å². The average molecular weight is 315 g/mol. The van der Waals surface area contributed by atoms with Gasteiger partial charge in [0, 0.05) is 38.3 Å². The van der Waals surface area contributed by atoms with Crippen LogP contribution in [0.2, 0.25) is 0 Å². The molecule has 1 aromatic carbocycles. The lowest BCUT2D eigenvalue weighted by Gasteiger charge is -2.21. The molecule has 0 amide bonds. The van der Waals surface area contributed by atoms with Crippen molar-refractivity contribution in [2.75, 3.05) is 33.2 Å². The second-order valence-electron chi connectivity index (χ2n) is 5.03. The van der Waals surface area contributed by atoms with Gasteiger partial charge in [0.2, 0.25) is 10.0 Å². The van der Waals surface area contributed by atoms with Crippen LogP contribution >= 0.6 is 0 Å². The fourth-order valence-electron chi connectivity index (χ4n) is 2.22. The van der Waals surface area contributed by atoms with Gasteiger partial charge in [-0.15, -0.1) is 0 Å². The summed E-state index contributed by atoms with van der Waals surface area (Å²) in [6.45, 7) is 1.21. The van der Waals surface area contributed by atoms with Crippen molar-refractivity contribution in [2.45, 2.75) is 11.0 Å². The molecule has 1 heterocycles. The summed E-state index contributed by atoms with van der Waals surface area (Å²) in [6, 6.07) is 4.75. The van der Waals surface area contributed by atoms with E-state index in [1.165, 1.54) is 16.4 Å². The Hall–Kier alpha value is -1.55. The minimum Gasteiger partial charge on any atom is -0.390 e. The predicted octanol–water partition coefficient (Wildman–Crippen LogP) is -0.108. The Morgan fingerprint density at radius 3 is 2.43 bits per heavy atom. The Morgan fingerprint density at radius 2 is 1.86 bits per heavy atom. The van der Waals surface area contributed by atoms with Gasteiger partial charge in [0.15, 0.2) is 0 Å². The molecule has 1 fully saturated rings. The number of hydrogen-bond donors (Lipinski definition) is 1. The highest BCUT2D eigenvalue weighted by atomic mass is 32.2. The normalized spacial score (nSPS) is 21.9. The Labute approximate surface area is 122 Å². The summed E-state index contributed by atoms with van der Waals surface area (Å²) in [5, 5.41) is 20.4. The van der Waals surface area contributed by atoms with E-state index in [9.17, 15) is 23.6 Å². The van der Waals surface area contributed by atoms with E-state index in [4.69, 9.17) is 0 Å². The first-order valence-electron chi connectivity index (χ1n) is 6.42. The van der Waals surface area contributed by atoms with Gasteiger partial charge in [0.1, 0.15) is 0 Å². The van der Waals surface area contributed by atoms with Crippen LogP contribution in [0.3, 0.4) is 0 Å². The largest absolute Gasteiger partial charge is 0.390 e. The topological polar surface area (TPSA) is 104 Å². The van der Waals surface area contributed by atoms with Crippen LogP contribution in [-0.4, -0.2) is 67.0 Å². The number of nitrogens with zero attached hydrogens (tertiary/aromatic N) is 3. The highest BCUT2D eigenvalue weighted by Gasteiger charge is 2.29. The van der Waals surface area contributed by atoms with Crippen LogP contribution in [0.4, 0.5) is 5.69 Å². The van der Waals surface area contributed by atoms with Gasteiger partial charge in [0.25, 0.3) is 5.69 Å². The van der Waals surface area contributed by atoms with E-state index in [-0.39, 0.29) is 23.7 Å². The fourth-order valence-corrected chi connectivity index (χ4v) is 3.69. The molecule has 9 heteroatoms. The zero-order chi connectivity index (χ0) is 15.6. The Balaban J connectivity index is 2.26. The van der Waals surface area contributed by atoms with Gasteiger partial charge >= 0.3 is 0 Å². The molecule has 0 aromatic heterocycles. The van der Waals surface area contributed by atoms with Crippen LogP contribution in [0.15, 0.2) is 29.2 Å². The second-order valence-corrected chi connectivity index (χ2v) is 6.97. The van der Waals surface area contributed by atoms with Gasteiger partial charge in [-0.05, 0) is 19.2 Å². The number of aliphatic hydroxyl groups excluding tert-OH is 1. The Kier molecular flexibility index (Phi) is 4.57. The van der Waals surface area contributed by atoms with Crippen molar-refractivity contribution in [1.82, 2.24) is 9.21 Å². The van der Waals surface area contributed by atoms with Crippen LogP contribution in [0, 0.1) is 10.1 Å². The molecule has 1 unspecified atom stereocenters. The monoisotopic (exact) mass is 315 g/mol. The first-order chi connectivity index (χ1) is 9.80. The van der Waals surface area contributed by atoms with E-state index in [2.05, 4.69) is 0 Å². The summed E-state index contributed by atoms with van der Waals surface area (Å²) in [5.41, 5.74) is -0.162. The third-order valence-electron chi connectivity index (χ3n) is 3.35. The Morgan fingerprint density at radius 1 is 1.24 bits per heavy atom. The molecule has 1 N–H and O–H groups in total. The van der Waals surface area contributed by atoms with E-state index in [0.717, 1.165) is 12.1 Å². The predicted molar refractivity (Wildman–Crippen MR) is 75.4 cm³/mol. The van der Waals surface area contributed by atoms with E-state index in [0.29, 0.717) is 13.1 Å².